The number of likely N-dealkylation sites (tertiary alicyclic amines) is 1. The van der Waals surface area contributed by atoms with Gasteiger partial charge in [-0.3, -0.25) is 0 Å². The third-order valence-electron chi connectivity index (χ3n) is 3.23. The minimum absolute atomic E-state index is 0.142. The van der Waals surface area contributed by atoms with Gasteiger partial charge < -0.3 is 20.1 Å². The van der Waals surface area contributed by atoms with Crippen LogP contribution >= 0.6 is 0 Å². The summed E-state index contributed by atoms with van der Waals surface area (Å²) in [7, 11) is 0. The molecule has 0 atom stereocenters. The van der Waals surface area contributed by atoms with Gasteiger partial charge in [-0.05, 0) is 45.3 Å². The van der Waals surface area contributed by atoms with Gasteiger partial charge in [-0.2, -0.15) is 0 Å². The van der Waals surface area contributed by atoms with Crippen LogP contribution in [-0.4, -0.2) is 62.0 Å². The van der Waals surface area contributed by atoms with E-state index in [-0.39, 0.29) is 6.61 Å². The van der Waals surface area contributed by atoms with Crippen LogP contribution in [0.25, 0.3) is 0 Å². The number of aliphatic hydroxyl groups excluding tert-OH is 1. The number of hydrogen-bond acceptors (Lipinski definition) is 4. The standard InChI is InChI=1S/C13H28N2O2/c1-2-6-14-7-3-8-15-9-4-13(5-10-15)17-12-11-16/h13-14,16H,2-12H2,1H3. The number of hydrogen-bond donors (Lipinski definition) is 2. The van der Waals surface area contributed by atoms with E-state index in [0.29, 0.717) is 12.7 Å². The molecule has 2 N–H and O–H groups in total. The largest absolute Gasteiger partial charge is 0.394 e. The molecule has 0 bridgehead atoms. The Hall–Kier alpha value is -0.160. The van der Waals surface area contributed by atoms with Crippen LogP contribution < -0.4 is 5.32 Å². The van der Waals surface area contributed by atoms with E-state index in [2.05, 4.69) is 17.1 Å². The molecule has 0 aromatic rings. The van der Waals surface area contributed by atoms with E-state index in [1.54, 1.807) is 0 Å². The first-order valence-electron chi connectivity index (χ1n) is 7.02. The molecule has 1 rings (SSSR count). The van der Waals surface area contributed by atoms with Gasteiger partial charge in [0.05, 0.1) is 19.3 Å². The van der Waals surface area contributed by atoms with E-state index >= 15 is 0 Å². The lowest BCUT2D eigenvalue weighted by atomic mass is 10.1. The van der Waals surface area contributed by atoms with E-state index in [9.17, 15) is 0 Å². The summed E-state index contributed by atoms with van der Waals surface area (Å²) in [6.07, 6.45) is 5.05. The van der Waals surface area contributed by atoms with Crippen LogP contribution in [0.2, 0.25) is 0 Å². The van der Waals surface area contributed by atoms with Crippen LogP contribution in [0.5, 0.6) is 0 Å². The second kappa shape index (κ2) is 9.83. The number of nitrogens with one attached hydrogen (secondary N) is 1. The predicted octanol–water partition coefficient (Wildman–Crippen LogP) is 0.849. The van der Waals surface area contributed by atoms with Crippen molar-refractivity contribution in [2.75, 3.05) is 45.9 Å². The first-order chi connectivity index (χ1) is 8.36. The molecule has 4 nitrogen and oxygen atoms in total. The number of aliphatic hydroxyl groups is 1. The van der Waals surface area contributed by atoms with Crippen molar-refractivity contribution in [2.24, 2.45) is 0 Å². The molecule has 0 aromatic carbocycles. The molecule has 1 aliphatic heterocycles. The Morgan fingerprint density at radius 2 is 2.06 bits per heavy atom. The summed E-state index contributed by atoms with van der Waals surface area (Å²) in [5.74, 6) is 0. The highest BCUT2D eigenvalue weighted by Crippen LogP contribution is 2.13. The zero-order valence-electron chi connectivity index (χ0n) is 11.2. The van der Waals surface area contributed by atoms with Gasteiger partial charge in [-0.1, -0.05) is 6.92 Å². The highest BCUT2D eigenvalue weighted by molar-refractivity contribution is 4.72. The second-order valence-electron chi connectivity index (χ2n) is 4.74. The summed E-state index contributed by atoms with van der Waals surface area (Å²) in [5.41, 5.74) is 0. The molecule has 17 heavy (non-hydrogen) atoms. The molecule has 0 aliphatic carbocycles. The van der Waals surface area contributed by atoms with Crippen molar-refractivity contribution in [3.05, 3.63) is 0 Å². The van der Waals surface area contributed by atoms with E-state index in [4.69, 9.17) is 9.84 Å². The van der Waals surface area contributed by atoms with Gasteiger partial charge in [0, 0.05) is 13.1 Å². The van der Waals surface area contributed by atoms with Crippen LogP contribution in [0.4, 0.5) is 0 Å². The third-order valence-corrected chi connectivity index (χ3v) is 3.23. The summed E-state index contributed by atoms with van der Waals surface area (Å²) in [4.78, 5) is 2.52. The zero-order valence-corrected chi connectivity index (χ0v) is 11.2. The van der Waals surface area contributed by atoms with Crippen molar-refractivity contribution in [1.82, 2.24) is 10.2 Å². The van der Waals surface area contributed by atoms with Crippen molar-refractivity contribution in [1.29, 1.82) is 0 Å². The summed E-state index contributed by atoms with van der Waals surface area (Å²) in [5, 5.41) is 12.1. The first kappa shape index (κ1) is 14.9. The number of rotatable bonds is 9. The highest BCUT2D eigenvalue weighted by Gasteiger charge is 2.18. The second-order valence-corrected chi connectivity index (χ2v) is 4.74. The number of nitrogens with zero attached hydrogens (tertiary/aromatic N) is 1. The fourth-order valence-corrected chi connectivity index (χ4v) is 2.25. The average Bonchev–Trinajstić information content (AvgIpc) is 2.37. The van der Waals surface area contributed by atoms with E-state index in [1.807, 2.05) is 0 Å². The van der Waals surface area contributed by atoms with Gasteiger partial charge in [0.15, 0.2) is 0 Å². The number of ether oxygens (including phenoxy) is 1. The topological polar surface area (TPSA) is 44.7 Å². The molecule has 0 spiro atoms. The summed E-state index contributed by atoms with van der Waals surface area (Å²) in [6.45, 7) is 8.59. The molecular formula is C13H28N2O2. The minimum Gasteiger partial charge on any atom is -0.394 e. The van der Waals surface area contributed by atoms with E-state index in [1.165, 1.54) is 19.4 Å². The molecule has 1 saturated heterocycles. The quantitative estimate of drug-likeness (QED) is 0.590. The maximum Gasteiger partial charge on any atom is 0.0701 e. The van der Waals surface area contributed by atoms with Gasteiger partial charge in [0.2, 0.25) is 0 Å². The van der Waals surface area contributed by atoms with Crippen LogP contribution in [0, 0.1) is 0 Å². The fraction of sp³-hybridized carbons (Fsp3) is 1.00. The predicted molar refractivity (Wildman–Crippen MR) is 70.3 cm³/mol. The van der Waals surface area contributed by atoms with Crippen LogP contribution in [0.1, 0.15) is 32.6 Å². The molecule has 0 amide bonds. The molecule has 0 unspecified atom stereocenters. The third kappa shape index (κ3) is 6.99. The van der Waals surface area contributed by atoms with Crippen LogP contribution in [0.15, 0.2) is 0 Å². The Balaban J connectivity index is 1.95. The van der Waals surface area contributed by atoms with Crippen molar-refractivity contribution in [3.8, 4) is 0 Å². The maximum absolute atomic E-state index is 8.69. The van der Waals surface area contributed by atoms with Crippen molar-refractivity contribution >= 4 is 0 Å². The molecule has 0 aromatic heterocycles. The van der Waals surface area contributed by atoms with Crippen LogP contribution in [0.3, 0.4) is 0 Å². The lowest BCUT2D eigenvalue weighted by Crippen LogP contribution is -2.38. The lowest BCUT2D eigenvalue weighted by molar-refractivity contribution is -0.00777. The molecule has 0 saturated carbocycles. The van der Waals surface area contributed by atoms with Gasteiger partial charge in [0.25, 0.3) is 0 Å². The van der Waals surface area contributed by atoms with E-state index in [0.717, 1.165) is 39.0 Å². The summed E-state index contributed by atoms with van der Waals surface area (Å²) in [6, 6.07) is 0. The molecule has 1 fully saturated rings. The SMILES string of the molecule is CCCNCCCN1CCC(OCCO)CC1. The minimum atomic E-state index is 0.142. The monoisotopic (exact) mass is 244 g/mol. The lowest BCUT2D eigenvalue weighted by Gasteiger charge is -2.31. The van der Waals surface area contributed by atoms with Crippen molar-refractivity contribution in [2.45, 2.75) is 38.7 Å². The van der Waals surface area contributed by atoms with E-state index < -0.39 is 0 Å². The first-order valence-corrected chi connectivity index (χ1v) is 7.02. The molecule has 4 heteroatoms. The van der Waals surface area contributed by atoms with Crippen molar-refractivity contribution < 1.29 is 9.84 Å². The Bertz CT molecular complexity index is 168. The Morgan fingerprint density at radius 3 is 2.71 bits per heavy atom. The van der Waals surface area contributed by atoms with Crippen LogP contribution in [-0.2, 0) is 4.74 Å². The smallest absolute Gasteiger partial charge is 0.0701 e. The molecule has 1 heterocycles. The summed E-state index contributed by atoms with van der Waals surface area (Å²) >= 11 is 0. The number of piperidine rings is 1. The Kier molecular flexibility index (Phi) is 8.61. The van der Waals surface area contributed by atoms with Gasteiger partial charge in [-0.15, -0.1) is 0 Å². The Labute approximate surface area is 105 Å². The van der Waals surface area contributed by atoms with Gasteiger partial charge >= 0.3 is 0 Å². The van der Waals surface area contributed by atoms with Crippen molar-refractivity contribution in [3.63, 3.8) is 0 Å². The van der Waals surface area contributed by atoms with Gasteiger partial charge in [0.1, 0.15) is 0 Å². The fourth-order valence-electron chi connectivity index (χ4n) is 2.25. The average molecular weight is 244 g/mol. The summed E-state index contributed by atoms with van der Waals surface area (Å²) < 4.78 is 5.55. The zero-order chi connectivity index (χ0) is 12.3. The Morgan fingerprint density at radius 1 is 1.29 bits per heavy atom. The van der Waals surface area contributed by atoms with Gasteiger partial charge in [-0.25, -0.2) is 0 Å². The molecular weight excluding hydrogens is 216 g/mol. The maximum atomic E-state index is 8.69. The molecule has 102 valence electrons. The molecule has 1 aliphatic rings. The molecule has 0 radical (unpaired) electrons. The normalized spacial score (nSPS) is 18.7. The highest BCUT2D eigenvalue weighted by atomic mass is 16.5.